The van der Waals surface area contributed by atoms with Crippen LogP contribution in [0.25, 0.3) is 0 Å². The van der Waals surface area contributed by atoms with Gasteiger partial charge in [0, 0.05) is 12.3 Å². The Morgan fingerprint density at radius 3 is 3.00 bits per heavy atom. The van der Waals surface area contributed by atoms with Crippen LogP contribution in [0.5, 0.6) is 5.75 Å². The van der Waals surface area contributed by atoms with Crippen LogP contribution >= 0.6 is 0 Å². The van der Waals surface area contributed by atoms with Crippen molar-refractivity contribution >= 4 is 0 Å². The molecule has 0 aromatic carbocycles. The van der Waals surface area contributed by atoms with Gasteiger partial charge in [-0.2, -0.15) is 4.39 Å². The summed E-state index contributed by atoms with van der Waals surface area (Å²) >= 11 is 0. The molecule has 0 radical (unpaired) electrons. The van der Waals surface area contributed by atoms with E-state index in [2.05, 4.69) is 11.9 Å². The Balaban J connectivity index is 2.02. The summed E-state index contributed by atoms with van der Waals surface area (Å²) in [6, 6.07) is 3.09. The van der Waals surface area contributed by atoms with Crippen LogP contribution in [-0.2, 0) is 0 Å². The van der Waals surface area contributed by atoms with Gasteiger partial charge < -0.3 is 4.74 Å². The fourth-order valence-corrected chi connectivity index (χ4v) is 2.43. The fourth-order valence-electron chi connectivity index (χ4n) is 2.43. The molecule has 0 N–H and O–H groups in total. The second kappa shape index (κ2) is 5.28. The smallest absolute Gasteiger partial charge is 0.216 e. The van der Waals surface area contributed by atoms with E-state index in [4.69, 9.17) is 4.74 Å². The van der Waals surface area contributed by atoms with E-state index in [9.17, 15) is 4.39 Å². The fraction of sp³-hybridized carbons (Fsp3) is 0.615. The van der Waals surface area contributed by atoms with Gasteiger partial charge >= 0.3 is 0 Å². The first-order valence-corrected chi connectivity index (χ1v) is 6.08. The first-order valence-electron chi connectivity index (χ1n) is 6.08. The van der Waals surface area contributed by atoms with Gasteiger partial charge in [0.1, 0.15) is 11.9 Å². The summed E-state index contributed by atoms with van der Waals surface area (Å²) in [5, 5.41) is 0. The summed E-state index contributed by atoms with van der Waals surface area (Å²) in [5.41, 5.74) is 0. The minimum absolute atomic E-state index is 0.251. The third-order valence-electron chi connectivity index (χ3n) is 3.35. The zero-order valence-corrected chi connectivity index (χ0v) is 9.66. The van der Waals surface area contributed by atoms with Gasteiger partial charge in [-0.15, -0.1) is 0 Å². The van der Waals surface area contributed by atoms with E-state index in [-0.39, 0.29) is 6.10 Å². The van der Waals surface area contributed by atoms with Gasteiger partial charge in [0.2, 0.25) is 5.95 Å². The molecule has 1 saturated carbocycles. The second-order valence-electron chi connectivity index (χ2n) is 4.42. The molecule has 0 aliphatic heterocycles. The first kappa shape index (κ1) is 11.4. The van der Waals surface area contributed by atoms with Crippen molar-refractivity contribution in [3.05, 3.63) is 24.3 Å². The predicted octanol–water partition coefficient (Wildman–Crippen LogP) is 3.57. The highest BCUT2D eigenvalue weighted by molar-refractivity contribution is 5.18. The van der Waals surface area contributed by atoms with Gasteiger partial charge in [-0.3, -0.25) is 0 Å². The Morgan fingerprint density at radius 1 is 1.44 bits per heavy atom. The van der Waals surface area contributed by atoms with Gasteiger partial charge in [-0.1, -0.05) is 13.3 Å². The number of ether oxygens (including phenoxy) is 1. The normalized spacial score (nSPS) is 25.4. The molecule has 16 heavy (non-hydrogen) atoms. The molecule has 2 atom stereocenters. The van der Waals surface area contributed by atoms with Gasteiger partial charge in [-0.05, 0) is 37.7 Å². The Labute approximate surface area is 95.8 Å². The molecule has 2 nitrogen and oxygen atoms in total. The molecule has 0 spiro atoms. The summed E-state index contributed by atoms with van der Waals surface area (Å²) in [7, 11) is 0. The zero-order valence-electron chi connectivity index (χ0n) is 9.66. The van der Waals surface area contributed by atoms with Crippen LogP contribution in [0.3, 0.4) is 0 Å². The highest BCUT2D eigenvalue weighted by Crippen LogP contribution is 2.30. The van der Waals surface area contributed by atoms with Crippen molar-refractivity contribution in [3.63, 3.8) is 0 Å². The Kier molecular flexibility index (Phi) is 3.75. The van der Waals surface area contributed by atoms with E-state index in [1.165, 1.54) is 31.5 Å². The molecule has 1 heterocycles. The number of pyridine rings is 1. The molecular formula is C13H18FNO. The number of halogens is 1. The lowest BCUT2D eigenvalue weighted by atomic mass is 9.85. The van der Waals surface area contributed by atoms with Crippen molar-refractivity contribution in [2.24, 2.45) is 5.92 Å². The number of hydrogen-bond donors (Lipinski definition) is 0. The van der Waals surface area contributed by atoms with Crippen LogP contribution in [0.15, 0.2) is 18.3 Å². The van der Waals surface area contributed by atoms with Crippen LogP contribution in [-0.4, -0.2) is 11.1 Å². The highest BCUT2D eigenvalue weighted by Gasteiger charge is 2.25. The molecule has 0 bridgehead atoms. The molecule has 1 aliphatic carbocycles. The minimum atomic E-state index is -0.471. The number of hydrogen-bond acceptors (Lipinski definition) is 2. The van der Waals surface area contributed by atoms with E-state index < -0.39 is 5.95 Å². The number of rotatable bonds is 3. The van der Waals surface area contributed by atoms with Crippen LogP contribution in [0, 0.1) is 11.9 Å². The largest absolute Gasteiger partial charge is 0.490 e. The van der Waals surface area contributed by atoms with E-state index in [1.54, 1.807) is 6.07 Å². The third-order valence-corrected chi connectivity index (χ3v) is 3.35. The molecule has 2 unspecified atom stereocenters. The monoisotopic (exact) mass is 223 g/mol. The maximum atomic E-state index is 12.9. The van der Waals surface area contributed by atoms with E-state index in [0.29, 0.717) is 11.7 Å². The van der Waals surface area contributed by atoms with Gasteiger partial charge in [0.15, 0.2) is 0 Å². The maximum Gasteiger partial charge on any atom is 0.216 e. The maximum absolute atomic E-state index is 12.9. The lowest BCUT2D eigenvalue weighted by Crippen LogP contribution is -2.29. The second-order valence-corrected chi connectivity index (χ2v) is 4.42. The Hall–Kier alpha value is -1.12. The summed E-state index contributed by atoms with van der Waals surface area (Å²) < 4.78 is 18.8. The summed E-state index contributed by atoms with van der Waals surface area (Å²) in [6.45, 7) is 2.19. The lowest BCUT2D eigenvalue weighted by Gasteiger charge is -2.31. The summed E-state index contributed by atoms with van der Waals surface area (Å²) in [4.78, 5) is 3.53. The SMILES string of the molecule is CCC1CCCCC1Oc1ccnc(F)c1. The van der Waals surface area contributed by atoms with Gasteiger partial charge in [0.05, 0.1) is 0 Å². The average molecular weight is 223 g/mol. The molecule has 3 heteroatoms. The molecule has 0 amide bonds. The van der Waals surface area contributed by atoms with Crippen molar-refractivity contribution in [1.82, 2.24) is 4.98 Å². The summed E-state index contributed by atoms with van der Waals surface area (Å²) in [5.74, 6) is 0.754. The van der Waals surface area contributed by atoms with Gasteiger partial charge in [-0.25, -0.2) is 4.98 Å². The first-order chi connectivity index (χ1) is 7.79. The van der Waals surface area contributed by atoms with Crippen LogP contribution in [0.4, 0.5) is 4.39 Å². The highest BCUT2D eigenvalue weighted by atomic mass is 19.1. The van der Waals surface area contributed by atoms with Crippen molar-refractivity contribution in [2.75, 3.05) is 0 Å². The molecule has 1 aromatic rings. The summed E-state index contributed by atoms with van der Waals surface area (Å²) in [6.07, 6.45) is 7.67. The average Bonchev–Trinajstić information content (AvgIpc) is 2.30. The molecule has 88 valence electrons. The van der Waals surface area contributed by atoms with Crippen molar-refractivity contribution in [1.29, 1.82) is 0 Å². The number of nitrogens with zero attached hydrogens (tertiary/aromatic N) is 1. The molecule has 2 rings (SSSR count). The van der Waals surface area contributed by atoms with E-state index in [1.807, 2.05) is 0 Å². The van der Waals surface area contributed by atoms with E-state index in [0.717, 1.165) is 12.8 Å². The standard InChI is InChI=1S/C13H18FNO/c1-2-10-5-3-4-6-12(10)16-11-7-8-15-13(14)9-11/h7-10,12H,2-6H2,1H3. The van der Waals surface area contributed by atoms with Crippen molar-refractivity contribution in [2.45, 2.75) is 45.1 Å². The van der Waals surface area contributed by atoms with Gasteiger partial charge in [0.25, 0.3) is 0 Å². The number of aromatic nitrogens is 1. The van der Waals surface area contributed by atoms with Crippen LogP contribution < -0.4 is 4.74 Å². The molecule has 1 aliphatic rings. The predicted molar refractivity (Wildman–Crippen MR) is 60.9 cm³/mol. The lowest BCUT2D eigenvalue weighted by molar-refractivity contribution is 0.0899. The topological polar surface area (TPSA) is 22.1 Å². The molecular weight excluding hydrogens is 205 g/mol. The van der Waals surface area contributed by atoms with Crippen LogP contribution in [0.1, 0.15) is 39.0 Å². The Bertz CT molecular complexity index is 342. The van der Waals surface area contributed by atoms with Crippen molar-refractivity contribution < 1.29 is 9.13 Å². The van der Waals surface area contributed by atoms with Crippen molar-refractivity contribution in [3.8, 4) is 5.75 Å². The van der Waals surface area contributed by atoms with E-state index >= 15 is 0 Å². The molecule has 1 fully saturated rings. The minimum Gasteiger partial charge on any atom is -0.490 e. The third kappa shape index (κ3) is 2.71. The molecule has 0 saturated heterocycles. The zero-order chi connectivity index (χ0) is 11.4. The quantitative estimate of drug-likeness (QED) is 0.731. The van der Waals surface area contributed by atoms with Crippen LogP contribution in [0.2, 0.25) is 0 Å². The Morgan fingerprint density at radius 2 is 2.25 bits per heavy atom. The molecule has 1 aromatic heterocycles.